The van der Waals surface area contributed by atoms with Crippen molar-refractivity contribution in [2.24, 2.45) is 0 Å². The number of nitrogens with zero attached hydrogens (tertiary/aromatic N) is 1. The van der Waals surface area contributed by atoms with E-state index in [1.54, 1.807) is 24.3 Å². The molecule has 0 aromatic heterocycles. The van der Waals surface area contributed by atoms with Crippen molar-refractivity contribution in [3.63, 3.8) is 0 Å². The van der Waals surface area contributed by atoms with Gasteiger partial charge in [-0.1, -0.05) is 6.07 Å². The number of benzene rings is 1. The predicted octanol–water partition coefficient (Wildman–Crippen LogP) is 1.82. The standard InChI is InChI=1S/C12H15NO3/c14-12(15)10-4-3-5-11(8-10)16-9-13-6-1-2-7-13/h3-5,8H,1-2,6-7,9H2,(H,14,15). The van der Waals surface area contributed by atoms with Gasteiger partial charge in [0.2, 0.25) is 0 Å². The van der Waals surface area contributed by atoms with Gasteiger partial charge in [-0.15, -0.1) is 0 Å². The third-order valence-electron chi connectivity index (χ3n) is 2.69. The van der Waals surface area contributed by atoms with Gasteiger partial charge in [0.15, 0.2) is 0 Å². The van der Waals surface area contributed by atoms with Crippen LogP contribution in [0.3, 0.4) is 0 Å². The van der Waals surface area contributed by atoms with Crippen LogP contribution in [0.5, 0.6) is 5.75 Å². The molecule has 0 radical (unpaired) electrons. The van der Waals surface area contributed by atoms with Crippen molar-refractivity contribution >= 4 is 5.97 Å². The molecule has 2 rings (SSSR count). The molecule has 0 spiro atoms. The smallest absolute Gasteiger partial charge is 0.335 e. The van der Waals surface area contributed by atoms with Crippen LogP contribution in [0.1, 0.15) is 23.2 Å². The lowest BCUT2D eigenvalue weighted by atomic mass is 10.2. The van der Waals surface area contributed by atoms with Crippen LogP contribution in [0, 0.1) is 0 Å². The quantitative estimate of drug-likeness (QED) is 0.842. The highest BCUT2D eigenvalue weighted by Gasteiger charge is 2.11. The highest BCUT2D eigenvalue weighted by molar-refractivity contribution is 5.87. The topological polar surface area (TPSA) is 49.8 Å². The summed E-state index contributed by atoms with van der Waals surface area (Å²) in [6.45, 7) is 2.68. The summed E-state index contributed by atoms with van der Waals surface area (Å²) in [5, 5.41) is 8.82. The number of carbonyl (C=O) groups is 1. The molecule has 0 unspecified atom stereocenters. The molecule has 1 fully saturated rings. The molecule has 1 aliphatic heterocycles. The fourth-order valence-corrected chi connectivity index (χ4v) is 1.80. The molecule has 4 nitrogen and oxygen atoms in total. The lowest BCUT2D eigenvalue weighted by Crippen LogP contribution is -2.24. The van der Waals surface area contributed by atoms with Crippen LogP contribution in [-0.2, 0) is 0 Å². The van der Waals surface area contributed by atoms with E-state index in [1.807, 2.05) is 0 Å². The van der Waals surface area contributed by atoms with E-state index in [0.29, 0.717) is 12.5 Å². The summed E-state index contributed by atoms with van der Waals surface area (Å²) in [6.07, 6.45) is 2.44. The molecule has 0 bridgehead atoms. The molecule has 4 heteroatoms. The first kappa shape index (κ1) is 11.0. The van der Waals surface area contributed by atoms with Crippen LogP contribution in [0.4, 0.5) is 0 Å². The van der Waals surface area contributed by atoms with Crippen LogP contribution in [0.2, 0.25) is 0 Å². The molecule has 0 atom stereocenters. The van der Waals surface area contributed by atoms with E-state index in [9.17, 15) is 4.79 Å². The maximum Gasteiger partial charge on any atom is 0.335 e. The minimum absolute atomic E-state index is 0.263. The van der Waals surface area contributed by atoms with Crippen molar-refractivity contribution in [2.75, 3.05) is 19.8 Å². The SMILES string of the molecule is O=C(O)c1cccc(OCN2CCCC2)c1. The number of rotatable bonds is 4. The molecule has 1 aromatic rings. The van der Waals surface area contributed by atoms with Crippen LogP contribution < -0.4 is 4.74 Å². The molecular formula is C12H15NO3. The summed E-state index contributed by atoms with van der Waals surface area (Å²) >= 11 is 0. The molecule has 86 valence electrons. The normalized spacial score (nSPS) is 16.2. The van der Waals surface area contributed by atoms with Crippen LogP contribution in [-0.4, -0.2) is 35.8 Å². The Morgan fingerprint density at radius 3 is 2.81 bits per heavy atom. The molecular weight excluding hydrogens is 206 g/mol. The number of carboxylic acid groups (broad SMARTS) is 1. The van der Waals surface area contributed by atoms with Crippen molar-refractivity contribution in [2.45, 2.75) is 12.8 Å². The summed E-state index contributed by atoms with van der Waals surface area (Å²) in [5.41, 5.74) is 0.263. The van der Waals surface area contributed by atoms with Gasteiger partial charge < -0.3 is 9.84 Å². The van der Waals surface area contributed by atoms with E-state index in [4.69, 9.17) is 9.84 Å². The summed E-state index contributed by atoms with van der Waals surface area (Å²) < 4.78 is 5.54. The molecule has 1 heterocycles. The van der Waals surface area contributed by atoms with Crippen LogP contribution in [0.25, 0.3) is 0 Å². The summed E-state index contributed by atoms with van der Waals surface area (Å²) in [5.74, 6) is -0.307. The molecule has 0 aliphatic carbocycles. The van der Waals surface area contributed by atoms with E-state index >= 15 is 0 Å². The van der Waals surface area contributed by atoms with Crippen molar-refractivity contribution < 1.29 is 14.6 Å². The zero-order valence-electron chi connectivity index (χ0n) is 9.06. The Hall–Kier alpha value is -1.55. The molecule has 1 aromatic carbocycles. The molecule has 1 N–H and O–H groups in total. The van der Waals surface area contributed by atoms with Gasteiger partial charge >= 0.3 is 5.97 Å². The van der Waals surface area contributed by atoms with Gasteiger partial charge in [-0.2, -0.15) is 0 Å². The molecule has 1 saturated heterocycles. The Labute approximate surface area is 94.4 Å². The third-order valence-corrected chi connectivity index (χ3v) is 2.69. The number of aromatic carboxylic acids is 1. The van der Waals surface area contributed by atoms with Gasteiger partial charge in [0.25, 0.3) is 0 Å². The number of hydrogen-bond donors (Lipinski definition) is 1. The first-order chi connectivity index (χ1) is 7.75. The first-order valence-corrected chi connectivity index (χ1v) is 5.44. The fraction of sp³-hybridized carbons (Fsp3) is 0.417. The molecule has 0 saturated carbocycles. The van der Waals surface area contributed by atoms with Crippen molar-refractivity contribution in [3.05, 3.63) is 29.8 Å². The minimum Gasteiger partial charge on any atom is -0.478 e. The van der Waals surface area contributed by atoms with E-state index < -0.39 is 5.97 Å². The number of hydrogen-bond acceptors (Lipinski definition) is 3. The van der Waals surface area contributed by atoms with Crippen molar-refractivity contribution in [1.29, 1.82) is 0 Å². The zero-order chi connectivity index (χ0) is 11.4. The largest absolute Gasteiger partial charge is 0.478 e. The third kappa shape index (κ3) is 2.73. The second kappa shape index (κ2) is 4.99. The maximum atomic E-state index is 10.7. The average molecular weight is 221 g/mol. The lowest BCUT2D eigenvalue weighted by Gasteiger charge is -2.15. The molecule has 0 amide bonds. The molecule has 16 heavy (non-hydrogen) atoms. The Balaban J connectivity index is 1.93. The Kier molecular flexibility index (Phi) is 3.41. The number of carboxylic acids is 1. The van der Waals surface area contributed by atoms with Crippen molar-refractivity contribution in [1.82, 2.24) is 4.90 Å². The lowest BCUT2D eigenvalue weighted by molar-refractivity contribution is 0.0696. The second-order valence-corrected chi connectivity index (χ2v) is 3.93. The highest BCUT2D eigenvalue weighted by atomic mass is 16.5. The first-order valence-electron chi connectivity index (χ1n) is 5.44. The van der Waals surface area contributed by atoms with Gasteiger partial charge in [-0.05, 0) is 31.0 Å². The van der Waals surface area contributed by atoms with E-state index in [2.05, 4.69) is 4.90 Å². The number of likely N-dealkylation sites (tertiary alicyclic amines) is 1. The van der Waals surface area contributed by atoms with Gasteiger partial charge in [-0.3, -0.25) is 4.90 Å². The Morgan fingerprint density at radius 1 is 1.38 bits per heavy atom. The van der Waals surface area contributed by atoms with Gasteiger partial charge in [0.05, 0.1) is 5.56 Å². The Morgan fingerprint density at radius 2 is 2.12 bits per heavy atom. The van der Waals surface area contributed by atoms with E-state index in [1.165, 1.54) is 12.8 Å². The van der Waals surface area contributed by atoms with Crippen molar-refractivity contribution in [3.8, 4) is 5.75 Å². The van der Waals surface area contributed by atoms with Crippen LogP contribution >= 0.6 is 0 Å². The van der Waals surface area contributed by atoms with Gasteiger partial charge in [-0.25, -0.2) is 4.79 Å². The second-order valence-electron chi connectivity index (χ2n) is 3.93. The van der Waals surface area contributed by atoms with Gasteiger partial charge in [0, 0.05) is 13.1 Å². The zero-order valence-corrected chi connectivity index (χ0v) is 9.06. The number of ether oxygens (including phenoxy) is 1. The Bertz CT molecular complexity index is 372. The molecule has 1 aliphatic rings. The average Bonchev–Trinajstić information content (AvgIpc) is 2.79. The summed E-state index contributed by atoms with van der Waals surface area (Å²) in [7, 11) is 0. The predicted molar refractivity (Wildman–Crippen MR) is 59.7 cm³/mol. The maximum absolute atomic E-state index is 10.7. The summed E-state index contributed by atoms with van der Waals surface area (Å²) in [4.78, 5) is 13.0. The summed E-state index contributed by atoms with van der Waals surface area (Å²) in [6, 6.07) is 6.59. The van der Waals surface area contributed by atoms with Crippen LogP contribution in [0.15, 0.2) is 24.3 Å². The van der Waals surface area contributed by atoms with Gasteiger partial charge in [0.1, 0.15) is 12.5 Å². The highest BCUT2D eigenvalue weighted by Crippen LogP contribution is 2.15. The van der Waals surface area contributed by atoms with E-state index in [-0.39, 0.29) is 5.56 Å². The van der Waals surface area contributed by atoms with E-state index in [0.717, 1.165) is 13.1 Å². The minimum atomic E-state index is -0.924. The monoisotopic (exact) mass is 221 g/mol. The fourth-order valence-electron chi connectivity index (χ4n) is 1.80.